The maximum absolute atomic E-state index is 13.0. The maximum Gasteiger partial charge on any atom is 0.253 e. The van der Waals surface area contributed by atoms with Crippen molar-refractivity contribution in [1.29, 1.82) is 0 Å². The third-order valence-corrected chi connectivity index (χ3v) is 8.45. The van der Waals surface area contributed by atoms with Crippen LogP contribution in [0.25, 0.3) is 0 Å². The van der Waals surface area contributed by atoms with Gasteiger partial charge in [-0.15, -0.1) is 0 Å². The fraction of sp³-hybridized carbons (Fsp3) is 0.480. The molecule has 0 bridgehead atoms. The highest BCUT2D eigenvalue weighted by Gasteiger charge is 2.30. The Hall–Kier alpha value is -2.22. The fourth-order valence-corrected chi connectivity index (χ4v) is 6.04. The topological polar surface area (TPSA) is 60.9 Å². The van der Waals surface area contributed by atoms with Gasteiger partial charge in [-0.2, -0.15) is 4.31 Å². The number of likely N-dealkylation sites (tertiary alicyclic amines) is 1. The number of nitrogens with zero attached hydrogens (tertiary/aromatic N) is 3. The van der Waals surface area contributed by atoms with Gasteiger partial charge in [0.25, 0.3) is 5.91 Å². The molecule has 0 radical (unpaired) electrons. The van der Waals surface area contributed by atoms with Crippen molar-refractivity contribution in [2.75, 3.05) is 39.3 Å². The smallest absolute Gasteiger partial charge is 0.253 e. The van der Waals surface area contributed by atoms with Crippen LogP contribution >= 0.6 is 0 Å². The first kappa shape index (κ1) is 23.0. The molecule has 32 heavy (non-hydrogen) atoms. The Morgan fingerprint density at radius 3 is 2.22 bits per heavy atom. The number of carbonyl (C=O) groups is 1. The highest BCUT2D eigenvalue weighted by molar-refractivity contribution is 7.89. The lowest BCUT2D eigenvalue weighted by Crippen LogP contribution is -2.50. The molecule has 2 aromatic rings. The second kappa shape index (κ2) is 9.73. The lowest BCUT2D eigenvalue weighted by Gasteiger charge is -2.34. The number of carbonyl (C=O) groups excluding carboxylic acids is 1. The van der Waals surface area contributed by atoms with E-state index < -0.39 is 10.0 Å². The van der Waals surface area contributed by atoms with Crippen molar-refractivity contribution in [3.8, 4) is 0 Å². The summed E-state index contributed by atoms with van der Waals surface area (Å²) in [5, 5.41) is 0. The number of amides is 1. The van der Waals surface area contributed by atoms with Gasteiger partial charge in [-0.3, -0.25) is 9.69 Å². The molecule has 1 amide bonds. The van der Waals surface area contributed by atoms with Gasteiger partial charge in [-0.25, -0.2) is 8.42 Å². The summed E-state index contributed by atoms with van der Waals surface area (Å²) < 4.78 is 27.2. The molecule has 0 N–H and O–H groups in total. The number of benzene rings is 2. The van der Waals surface area contributed by atoms with E-state index >= 15 is 0 Å². The molecule has 2 aliphatic heterocycles. The molecule has 2 aromatic carbocycles. The summed E-state index contributed by atoms with van der Waals surface area (Å²) in [5.41, 5.74) is 2.91. The minimum Gasteiger partial charge on any atom is -0.336 e. The van der Waals surface area contributed by atoms with Gasteiger partial charge in [0.1, 0.15) is 0 Å². The fourth-order valence-electron chi connectivity index (χ4n) is 4.61. The van der Waals surface area contributed by atoms with E-state index in [0.29, 0.717) is 36.6 Å². The Kier molecular flexibility index (Phi) is 6.98. The molecule has 2 aliphatic rings. The molecule has 1 unspecified atom stereocenters. The van der Waals surface area contributed by atoms with Gasteiger partial charge in [0.15, 0.2) is 0 Å². The Morgan fingerprint density at radius 2 is 1.59 bits per heavy atom. The molecule has 172 valence electrons. The van der Waals surface area contributed by atoms with E-state index in [1.54, 1.807) is 17.0 Å². The summed E-state index contributed by atoms with van der Waals surface area (Å²) in [5.74, 6) is 0.716. The minimum absolute atomic E-state index is 0.0319. The van der Waals surface area contributed by atoms with Crippen LogP contribution in [-0.2, 0) is 16.6 Å². The van der Waals surface area contributed by atoms with Crippen molar-refractivity contribution in [3.63, 3.8) is 0 Å². The third-order valence-electron chi connectivity index (χ3n) is 6.53. The quantitative estimate of drug-likeness (QED) is 0.694. The van der Waals surface area contributed by atoms with Crippen molar-refractivity contribution >= 4 is 15.9 Å². The molecule has 2 saturated heterocycles. The molecule has 0 spiro atoms. The Labute approximate surface area is 191 Å². The summed E-state index contributed by atoms with van der Waals surface area (Å²) in [7, 11) is -3.53. The highest BCUT2D eigenvalue weighted by Crippen LogP contribution is 2.20. The first-order valence-corrected chi connectivity index (χ1v) is 12.9. The van der Waals surface area contributed by atoms with Crippen molar-refractivity contribution < 1.29 is 13.2 Å². The Bertz CT molecular complexity index is 1030. The molecule has 2 fully saturated rings. The molecule has 2 heterocycles. The normalized spacial score (nSPS) is 20.9. The number of rotatable bonds is 5. The molecule has 6 nitrogen and oxygen atoms in total. The molecule has 0 aliphatic carbocycles. The van der Waals surface area contributed by atoms with Crippen molar-refractivity contribution in [2.24, 2.45) is 5.92 Å². The van der Waals surface area contributed by atoms with Crippen LogP contribution in [0.5, 0.6) is 0 Å². The number of aryl methyl sites for hydroxylation is 1. The molecule has 1 atom stereocenters. The zero-order valence-electron chi connectivity index (χ0n) is 19.0. The lowest BCUT2D eigenvalue weighted by molar-refractivity contribution is 0.0698. The van der Waals surface area contributed by atoms with E-state index in [9.17, 15) is 13.2 Å². The molecular weight excluding hydrogens is 422 g/mol. The second-order valence-electron chi connectivity index (χ2n) is 9.19. The molecule has 0 saturated carbocycles. The zero-order valence-corrected chi connectivity index (χ0v) is 19.9. The number of hydrogen-bond donors (Lipinski definition) is 0. The first-order valence-electron chi connectivity index (χ1n) is 11.5. The van der Waals surface area contributed by atoms with Crippen molar-refractivity contribution in [2.45, 2.75) is 38.1 Å². The summed E-state index contributed by atoms with van der Waals surface area (Å²) >= 11 is 0. The number of sulfonamides is 1. The van der Waals surface area contributed by atoms with Crippen LogP contribution in [0.4, 0.5) is 0 Å². The lowest BCUT2D eigenvalue weighted by atomic mass is 9.99. The van der Waals surface area contributed by atoms with Crippen LogP contribution in [0.15, 0.2) is 53.4 Å². The largest absolute Gasteiger partial charge is 0.336 e. The average Bonchev–Trinajstić information content (AvgIpc) is 2.79. The monoisotopic (exact) mass is 455 g/mol. The Morgan fingerprint density at radius 1 is 0.938 bits per heavy atom. The number of hydrogen-bond acceptors (Lipinski definition) is 4. The van der Waals surface area contributed by atoms with Crippen LogP contribution in [-0.4, -0.2) is 67.7 Å². The summed E-state index contributed by atoms with van der Waals surface area (Å²) in [6.45, 7) is 8.86. The van der Waals surface area contributed by atoms with Crippen molar-refractivity contribution in [3.05, 3.63) is 65.2 Å². The van der Waals surface area contributed by atoms with Crippen LogP contribution in [0, 0.1) is 12.8 Å². The van der Waals surface area contributed by atoms with Gasteiger partial charge < -0.3 is 4.90 Å². The van der Waals surface area contributed by atoms with Gasteiger partial charge in [0.2, 0.25) is 10.0 Å². The van der Waals surface area contributed by atoms with Gasteiger partial charge in [-0.1, -0.05) is 36.8 Å². The molecule has 0 aromatic heterocycles. The van der Waals surface area contributed by atoms with E-state index in [1.165, 1.54) is 22.7 Å². The van der Waals surface area contributed by atoms with E-state index in [0.717, 1.165) is 31.1 Å². The third kappa shape index (κ3) is 5.22. The summed E-state index contributed by atoms with van der Waals surface area (Å²) in [6.07, 6.45) is 2.56. The van der Waals surface area contributed by atoms with Gasteiger partial charge in [-0.05, 0) is 62.1 Å². The number of piperidine rings is 1. The van der Waals surface area contributed by atoms with Crippen LogP contribution in [0.1, 0.15) is 41.3 Å². The molecule has 4 rings (SSSR count). The second-order valence-corrected chi connectivity index (χ2v) is 11.1. The SMILES string of the molecule is Cc1ccc(S(=O)(=O)N2CCN(C(=O)c3ccc(CN4CCCC(C)C4)cc3)CC2)cc1. The Balaban J connectivity index is 1.33. The summed E-state index contributed by atoms with van der Waals surface area (Å²) in [4.78, 5) is 17.5. The van der Waals surface area contributed by atoms with E-state index in [1.807, 2.05) is 43.3 Å². The first-order chi connectivity index (χ1) is 15.3. The predicted molar refractivity (Wildman–Crippen MR) is 126 cm³/mol. The minimum atomic E-state index is -3.53. The van der Waals surface area contributed by atoms with Gasteiger partial charge in [0, 0.05) is 44.8 Å². The molecular formula is C25H33N3O3S. The van der Waals surface area contributed by atoms with Crippen LogP contribution in [0.2, 0.25) is 0 Å². The average molecular weight is 456 g/mol. The highest BCUT2D eigenvalue weighted by atomic mass is 32.2. The van der Waals surface area contributed by atoms with Crippen LogP contribution in [0.3, 0.4) is 0 Å². The van der Waals surface area contributed by atoms with Gasteiger partial charge in [0.05, 0.1) is 4.90 Å². The molecule has 7 heteroatoms. The van der Waals surface area contributed by atoms with E-state index in [-0.39, 0.29) is 5.91 Å². The maximum atomic E-state index is 13.0. The van der Waals surface area contributed by atoms with Crippen LogP contribution < -0.4 is 0 Å². The predicted octanol–water partition coefficient (Wildman–Crippen LogP) is 3.37. The standard InChI is InChI=1S/C25H33N3O3S/c1-20-5-11-24(12-6-20)32(30,31)28-16-14-27(15-17-28)25(29)23-9-7-22(8-10-23)19-26-13-3-4-21(2)18-26/h5-12,21H,3-4,13-19H2,1-2H3. The van der Waals surface area contributed by atoms with E-state index in [4.69, 9.17) is 0 Å². The zero-order chi connectivity index (χ0) is 22.7. The number of piperazine rings is 1. The van der Waals surface area contributed by atoms with Gasteiger partial charge >= 0.3 is 0 Å². The van der Waals surface area contributed by atoms with Crippen molar-refractivity contribution in [1.82, 2.24) is 14.1 Å². The summed E-state index contributed by atoms with van der Waals surface area (Å²) in [6, 6.07) is 14.8. The van der Waals surface area contributed by atoms with E-state index in [2.05, 4.69) is 11.8 Å².